The van der Waals surface area contributed by atoms with Gasteiger partial charge in [0.05, 0.1) is 11.1 Å². The summed E-state index contributed by atoms with van der Waals surface area (Å²) in [6.45, 7) is -0.432. The number of hydrazone groups is 1. The Labute approximate surface area is 141 Å². The molecule has 2 aromatic carbocycles. The zero-order valence-electron chi connectivity index (χ0n) is 12.8. The lowest BCUT2D eigenvalue weighted by Crippen LogP contribution is -2.17. The molecular formula is C16H13N3O6. The monoisotopic (exact) mass is 343 g/mol. The van der Waals surface area contributed by atoms with Crippen molar-refractivity contribution in [1.29, 1.82) is 0 Å². The molecule has 2 N–H and O–H groups in total. The SMILES string of the molecule is O=C(O)COc1ccc(/C=N/NC(=O)c2ccc([N+](=O)[O-])cc2)cc1. The smallest absolute Gasteiger partial charge is 0.341 e. The van der Waals surface area contributed by atoms with Gasteiger partial charge in [-0.15, -0.1) is 0 Å². The number of hydrogen-bond acceptors (Lipinski definition) is 6. The van der Waals surface area contributed by atoms with Gasteiger partial charge in [0.25, 0.3) is 11.6 Å². The molecule has 0 saturated carbocycles. The van der Waals surface area contributed by atoms with Crippen LogP contribution in [0.4, 0.5) is 5.69 Å². The fourth-order valence-corrected chi connectivity index (χ4v) is 1.76. The maximum Gasteiger partial charge on any atom is 0.341 e. The Hall–Kier alpha value is -3.75. The summed E-state index contributed by atoms with van der Waals surface area (Å²) in [5.41, 5.74) is 3.09. The van der Waals surface area contributed by atoms with Gasteiger partial charge in [0.2, 0.25) is 0 Å². The Morgan fingerprint density at radius 3 is 2.36 bits per heavy atom. The van der Waals surface area contributed by atoms with Crippen molar-refractivity contribution in [2.24, 2.45) is 5.10 Å². The molecule has 0 atom stereocenters. The van der Waals surface area contributed by atoms with Gasteiger partial charge < -0.3 is 9.84 Å². The molecule has 0 aliphatic carbocycles. The Balaban J connectivity index is 1.90. The van der Waals surface area contributed by atoms with Gasteiger partial charge in [-0.05, 0) is 42.0 Å². The standard InChI is InChI=1S/C16H13N3O6/c20-15(21)10-25-14-7-1-11(2-8-14)9-17-18-16(22)12-3-5-13(6-4-12)19(23)24/h1-9H,10H2,(H,18,22)(H,20,21)/b17-9+. The summed E-state index contributed by atoms with van der Waals surface area (Å²) in [6, 6.07) is 11.5. The highest BCUT2D eigenvalue weighted by molar-refractivity contribution is 5.95. The highest BCUT2D eigenvalue weighted by atomic mass is 16.6. The molecule has 0 heterocycles. The molecule has 25 heavy (non-hydrogen) atoms. The van der Waals surface area contributed by atoms with E-state index in [1.54, 1.807) is 24.3 Å². The maximum absolute atomic E-state index is 11.8. The zero-order chi connectivity index (χ0) is 18.2. The lowest BCUT2D eigenvalue weighted by atomic mass is 10.2. The van der Waals surface area contributed by atoms with Crippen molar-refractivity contribution in [3.63, 3.8) is 0 Å². The number of nitrogens with zero attached hydrogens (tertiary/aromatic N) is 2. The number of ether oxygens (including phenoxy) is 1. The van der Waals surface area contributed by atoms with Crippen LogP contribution in [0.5, 0.6) is 5.75 Å². The van der Waals surface area contributed by atoms with E-state index in [1.807, 2.05) is 0 Å². The van der Waals surface area contributed by atoms with Crippen molar-refractivity contribution < 1.29 is 24.4 Å². The number of hydrogen-bond donors (Lipinski definition) is 2. The molecular weight excluding hydrogens is 330 g/mol. The van der Waals surface area contributed by atoms with Crippen molar-refractivity contribution in [1.82, 2.24) is 5.43 Å². The Kier molecular flexibility index (Phi) is 5.77. The fraction of sp³-hybridized carbons (Fsp3) is 0.0625. The van der Waals surface area contributed by atoms with E-state index in [0.29, 0.717) is 11.3 Å². The van der Waals surface area contributed by atoms with Gasteiger partial charge >= 0.3 is 5.97 Å². The van der Waals surface area contributed by atoms with Gasteiger partial charge in [-0.25, -0.2) is 10.2 Å². The number of carboxylic acids is 1. The van der Waals surface area contributed by atoms with Gasteiger partial charge in [-0.2, -0.15) is 5.10 Å². The molecule has 0 saturated heterocycles. The number of non-ortho nitro benzene ring substituents is 1. The average molecular weight is 343 g/mol. The van der Waals surface area contributed by atoms with Crippen LogP contribution in [0.25, 0.3) is 0 Å². The molecule has 1 amide bonds. The molecule has 128 valence electrons. The van der Waals surface area contributed by atoms with Crippen LogP contribution < -0.4 is 10.2 Å². The quantitative estimate of drug-likeness (QED) is 0.448. The first-order valence-corrected chi connectivity index (χ1v) is 6.98. The second-order valence-electron chi connectivity index (χ2n) is 4.75. The molecule has 9 nitrogen and oxygen atoms in total. The molecule has 0 spiro atoms. The third kappa shape index (κ3) is 5.43. The van der Waals surface area contributed by atoms with Crippen molar-refractivity contribution in [3.8, 4) is 5.75 Å². The molecule has 2 rings (SSSR count). The Bertz CT molecular complexity index is 800. The number of aliphatic carboxylic acids is 1. The van der Waals surface area contributed by atoms with E-state index in [9.17, 15) is 19.7 Å². The van der Waals surface area contributed by atoms with Crippen molar-refractivity contribution >= 4 is 23.8 Å². The van der Waals surface area contributed by atoms with Crippen LogP contribution in [0.2, 0.25) is 0 Å². The predicted octanol–water partition coefficient (Wildman–Crippen LogP) is 1.82. The predicted molar refractivity (Wildman–Crippen MR) is 87.7 cm³/mol. The first kappa shape index (κ1) is 17.6. The maximum atomic E-state index is 11.8. The normalized spacial score (nSPS) is 10.4. The lowest BCUT2D eigenvalue weighted by molar-refractivity contribution is -0.384. The number of amides is 1. The lowest BCUT2D eigenvalue weighted by Gasteiger charge is -2.03. The highest BCUT2D eigenvalue weighted by Crippen LogP contribution is 2.12. The van der Waals surface area contributed by atoms with E-state index < -0.39 is 23.4 Å². The van der Waals surface area contributed by atoms with Crippen LogP contribution in [0.3, 0.4) is 0 Å². The Morgan fingerprint density at radius 1 is 1.16 bits per heavy atom. The minimum absolute atomic E-state index is 0.106. The third-order valence-electron chi connectivity index (χ3n) is 2.96. The molecule has 2 aromatic rings. The summed E-state index contributed by atoms with van der Waals surface area (Å²) in [5.74, 6) is -1.18. The van der Waals surface area contributed by atoms with E-state index in [4.69, 9.17) is 9.84 Å². The van der Waals surface area contributed by atoms with Crippen molar-refractivity contribution in [3.05, 3.63) is 69.8 Å². The zero-order valence-corrected chi connectivity index (χ0v) is 12.8. The summed E-state index contributed by atoms with van der Waals surface area (Å²) in [5, 5.41) is 22.9. The van der Waals surface area contributed by atoms with E-state index in [-0.39, 0.29) is 11.3 Å². The number of benzene rings is 2. The summed E-state index contributed by atoms with van der Waals surface area (Å²) in [4.78, 5) is 32.2. The van der Waals surface area contributed by atoms with E-state index in [0.717, 1.165) is 0 Å². The van der Waals surface area contributed by atoms with Crippen LogP contribution >= 0.6 is 0 Å². The van der Waals surface area contributed by atoms with Crippen LogP contribution in [0, 0.1) is 10.1 Å². The summed E-state index contributed by atoms with van der Waals surface area (Å²) in [7, 11) is 0. The highest BCUT2D eigenvalue weighted by Gasteiger charge is 2.08. The molecule has 0 bridgehead atoms. The molecule has 0 fully saturated rings. The largest absolute Gasteiger partial charge is 0.482 e. The third-order valence-corrected chi connectivity index (χ3v) is 2.96. The number of nitro benzene ring substituents is 1. The van der Waals surface area contributed by atoms with Crippen LogP contribution in [-0.2, 0) is 4.79 Å². The minimum Gasteiger partial charge on any atom is -0.482 e. The molecule has 0 radical (unpaired) electrons. The van der Waals surface area contributed by atoms with Gasteiger partial charge in [0.15, 0.2) is 6.61 Å². The van der Waals surface area contributed by atoms with Crippen molar-refractivity contribution in [2.75, 3.05) is 6.61 Å². The molecule has 9 heteroatoms. The van der Waals surface area contributed by atoms with Gasteiger partial charge in [0.1, 0.15) is 5.75 Å². The average Bonchev–Trinajstić information content (AvgIpc) is 2.61. The second kappa shape index (κ2) is 8.20. The van der Waals surface area contributed by atoms with Crippen LogP contribution in [0.1, 0.15) is 15.9 Å². The number of carboxylic acid groups (broad SMARTS) is 1. The first-order chi connectivity index (χ1) is 12.0. The molecule has 0 unspecified atom stereocenters. The Morgan fingerprint density at radius 2 is 1.80 bits per heavy atom. The van der Waals surface area contributed by atoms with E-state index >= 15 is 0 Å². The van der Waals surface area contributed by atoms with Crippen LogP contribution in [0.15, 0.2) is 53.6 Å². The number of carbonyl (C=O) groups is 2. The summed E-state index contributed by atoms with van der Waals surface area (Å²) < 4.78 is 4.99. The fourth-order valence-electron chi connectivity index (χ4n) is 1.76. The minimum atomic E-state index is -1.07. The van der Waals surface area contributed by atoms with Crippen LogP contribution in [-0.4, -0.2) is 34.7 Å². The number of nitro groups is 1. The second-order valence-corrected chi connectivity index (χ2v) is 4.75. The van der Waals surface area contributed by atoms with Gasteiger partial charge in [0, 0.05) is 17.7 Å². The topological polar surface area (TPSA) is 131 Å². The number of rotatable bonds is 7. The molecule has 0 aromatic heterocycles. The van der Waals surface area contributed by atoms with E-state index in [1.165, 1.54) is 30.5 Å². The first-order valence-electron chi connectivity index (χ1n) is 6.98. The van der Waals surface area contributed by atoms with Crippen molar-refractivity contribution in [2.45, 2.75) is 0 Å². The number of nitrogens with one attached hydrogen (secondary N) is 1. The summed E-state index contributed by atoms with van der Waals surface area (Å²) in [6.07, 6.45) is 1.39. The van der Waals surface area contributed by atoms with E-state index in [2.05, 4.69) is 10.5 Å². The molecule has 0 aliphatic heterocycles. The van der Waals surface area contributed by atoms with Gasteiger partial charge in [-0.1, -0.05) is 0 Å². The summed E-state index contributed by atoms with van der Waals surface area (Å²) >= 11 is 0. The van der Waals surface area contributed by atoms with Gasteiger partial charge in [-0.3, -0.25) is 14.9 Å². The molecule has 0 aliphatic rings. The number of carbonyl (C=O) groups excluding carboxylic acids is 1.